The number of thiophene rings is 1. The van der Waals surface area contributed by atoms with Gasteiger partial charge in [-0.15, -0.1) is 11.3 Å². The minimum Gasteiger partial charge on any atom is -0.343 e. The van der Waals surface area contributed by atoms with Crippen molar-refractivity contribution in [3.63, 3.8) is 0 Å². The summed E-state index contributed by atoms with van der Waals surface area (Å²) in [7, 11) is 1.62. The van der Waals surface area contributed by atoms with E-state index in [0.717, 1.165) is 17.7 Å². The number of aromatic nitrogens is 2. The van der Waals surface area contributed by atoms with Crippen LogP contribution >= 0.6 is 11.3 Å². The SMILES string of the molecule is Cn1nc(-c2cccs2)cc1NC(C#CC1CC1)(c1ccccc1)C(F)(F)F. The zero-order chi connectivity index (χ0) is 19.8. The first-order chi connectivity index (χ1) is 13.4. The largest absolute Gasteiger partial charge is 0.427 e. The average molecular weight is 401 g/mol. The molecular formula is C21H18F3N3S. The molecule has 0 bridgehead atoms. The summed E-state index contributed by atoms with van der Waals surface area (Å²) in [5, 5.41) is 8.96. The molecule has 0 amide bonds. The average Bonchev–Trinajstić information content (AvgIpc) is 3.19. The molecule has 3 nitrogen and oxygen atoms in total. The van der Waals surface area contributed by atoms with Gasteiger partial charge in [0, 0.05) is 19.0 Å². The van der Waals surface area contributed by atoms with Gasteiger partial charge >= 0.3 is 6.18 Å². The standard InChI is InChI=1S/C21H18F3N3S/c1-27-19(14-17(26-27)18-8-5-13-28-18)25-20(21(22,23)24,12-11-15-9-10-15)16-6-3-2-4-7-16/h2-8,13-15,25H,9-10H2,1H3. The smallest absolute Gasteiger partial charge is 0.343 e. The summed E-state index contributed by atoms with van der Waals surface area (Å²) >= 11 is 1.49. The van der Waals surface area contributed by atoms with E-state index in [9.17, 15) is 13.2 Å². The predicted molar refractivity (Wildman–Crippen MR) is 105 cm³/mol. The van der Waals surface area contributed by atoms with Crippen molar-refractivity contribution in [2.24, 2.45) is 13.0 Å². The summed E-state index contributed by atoms with van der Waals surface area (Å²) in [6.45, 7) is 0. The zero-order valence-corrected chi connectivity index (χ0v) is 15.9. The fraction of sp³-hybridized carbons (Fsp3) is 0.286. The molecule has 1 N–H and O–H groups in total. The van der Waals surface area contributed by atoms with E-state index in [-0.39, 0.29) is 17.3 Å². The lowest BCUT2D eigenvalue weighted by Crippen LogP contribution is -2.48. The van der Waals surface area contributed by atoms with Crippen molar-refractivity contribution in [3.05, 3.63) is 59.5 Å². The fourth-order valence-corrected chi connectivity index (χ4v) is 3.61. The Hall–Kier alpha value is -2.72. The molecule has 2 heterocycles. The molecule has 1 unspecified atom stereocenters. The summed E-state index contributed by atoms with van der Waals surface area (Å²) in [6, 6.07) is 13.2. The van der Waals surface area contributed by atoms with E-state index in [2.05, 4.69) is 22.3 Å². The van der Waals surface area contributed by atoms with Crippen molar-refractivity contribution in [2.45, 2.75) is 24.6 Å². The number of hydrogen-bond acceptors (Lipinski definition) is 3. The molecule has 2 aromatic heterocycles. The summed E-state index contributed by atoms with van der Waals surface area (Å²) in [6.07, 6.45) is -2.92. The van der Waals surface area contributed by atoms with Gasteiger partial charge in [-0.05, 0) is 29.9 Å². The second kappa shape index (κ2) is 7.02. The lowest BCUT2D eigenvalue weighted by molar-refractivity contribution is -0.165. The van der Waals surface area contributed by atoms with Crippen molar-refractivity contribution in [1.82, 2.24) is 9.78 Å². The monoisotopic (exact) mass is 401 g/mol. The van der Waals surface area contributed by atoms with Crippen molar-refractivity contribution in [2.75, 3.05) is 5.32 Å². The highest BCUT2D eigenvalue weighted by Crippen LogP contribution is 2.42. The molecule has 3 aromatic rings. The summed E-state index contributed by atoms with van der Waals surface area (Å²) < 4.78 is 44.7. The number of halogens is 3. The highest BCUT2D eigenvalue weighted by atomic mass is 32.1. The second-order valence-electron chi connectivity index (χ2n) is 6.80. The van der Waals surface area contributed by atoms with Crippen LogP contribution in [0, 0.1) is 17.8 Å². The minimum atomic E-state index is -4.62. The van der Waals surface area contributed by atoms with E-state index in [4.69, 9.17) is 0 Å². The molecule has 1 aliphatic rings. The van der Waals surface area contributed by atoms with Gasteiger partial charge in [-0.1, -0.05) is 48.2 Å². The number of benzene rings is 1. The Morgan fingerprint density at radius 3 is 2.50 bits per heavy atom. The quantitative estimate of drug-likeness (QED) is 0.591. The van der Waals surface area contributed by atoms with Crippen LogP contribution in [0.25, 0.3) is 10.6 Å². The van der Waals surface area contributed by atoms with Gasteiger partial charge in [-0.2, -0.15) is 18.3 Å². The van der Waals surface area contributed by atoms with Crippen LogP contribution in [-0.2, 0) is 12.6 Å². The first-order valence-corrected chi connectivity index (χ1v) is 9.78. The van der Waals surface area contributed by atoms with Crippen molar-refractivity contribution >= 4 is 17.2 Å². The second-order valence-corrected chi connectivity index (χ2v) is 7.75. The molecule has 7 heteroatoms. The summed E-state index contributed by atoms with van der Waals surface area (Å²) in [5.74, 6) is 5.66. The predicted octanol–water partition coefficient (Wildman–Crippen LogP) is 5.43. The van der Waals surface area contributed by atoms with Gasteiger partial charge < -0.3 is 5.32 Å². The van der Waals surface area contributed by atoms with Crippen LogP contribution in [0.4, 0.5) is 19.0 Å². The van der Waals surface area contributed by atoms with Gasteiger partial charge in [0.2, 0.25) is 5.54 Å². The Labute approximate surface area is 165 Å². The van der Waals surface area contributed by atoms with Crippen molar-refractivity contribution in [3.8, 4) is 22.4 Å². The van der Waals surface area contributed by atoms with E-state index < -0.39 is 11.7 Å². The Kier molecular flexibility index (Phi) is 4.68. The van der Waals surface area contributed by atoms with Crippen LogP contribution in [0.15, 0.2) is 53.9 Å². The third kappa shape index (κ3) is 3.52. The van der Waals surface area contributed by atoms with Gasteiger partial charge in [0.15, 0.2) is 0 Å². The maximum Gasteiger partial charge on any atom is 0.427 e. The number of rotatable bonds is 4. The Morgan fingerprint density at radius 2 is 1.89 bits per heavy atom. The molecule has 1 saturated carbocycles. The number of hydrogen-bond donors (Lipinski definition) is 1. The lowest BCUT2D eigenvalue weighted by atomic mass is 9.89. The molecule has 1 fully saturated rings. The van der Waals surface area contributed by atoms with Crippen LogP contribution in [-0.4, -0.2) is 16.0 Å². The number of nitrogens with one attached hydrogen (secondary N) is 1. The van der Waals surface area contributed by atoms with Gasteiger partial charge in [-0.3, -0.25) is 4.68 Å². The molecule has 1 atom stereocenters. The maximum absolute atomic E-state index is 14.4. The first kappa shape index (κ1) is 18.6. The maximum atomic E-state index is 14.4. The van der Waals surface area contributed by atoms with Crippen LogP contribution in [0.3, 0.4) is 0 Å². The molecule has 4 rings (SSSR count). The van der Waals surface area contributed by atoms with Gasteiger partial charge in [-0.25, -0.2) is 0 Å². The van der Waals surface area contributed by atoms with Crippen LogP contribution in [0.5, 0.6) is 0 Å². The third-order valence-electron chi connectivity index (χ3n) is 4.64. The van der Waals surface area contributed by atoms with Gasteiger partial charge in [0.25, 0.3) is 0 Å². The zero-order valence-electron chi connectivity index (χ0n) is 15.1. The number of anilines is 1. The highest BCUT2D eigenvalue weighted by molar-refractivity contribution is 7.13. The highest BCUT2D eigenvalue weighted by Gasteiger charge is 2.56. The third-order valence-corrected chi connectivity index (χ3v) is 5.53. The number of nitrogens with zero attached hydrogens (tertiary/aromatic N) is 2. The van der Waals surface area contributed by atoms with Crippen LogP contribution in [0.1, 0.15) is 18.4 Å². The molecule has 144 valence electrons. The molecular weight excluding hydrogens is 383 g/mol. The molecule has 0 radical (unpaired) electrons. The van der Waals surface area contributed by atoms with Crippen LogP contribution in [0.2, 0.25) is 0 Å². The molecule has 1 aromatic carbocycles. The van der Waals surface area contributed by atoms with E-state index >= 15 is 0 Å². The molecule has 0 aliphatic heterocycles. The number of aryl methyl sites for hydroxylation is 1. The fourth-order valence-electron chi connectivity index (χ4n) is 2.93. The minimum absolute atomic E-state index is 0.0421. The molecule has 1 aliphatic carbocycles. The Bertz CT molecular complexity index is 1010. The van der Waals surface area contributed by atoms with Crippen LogP contribution < -0.4 is 5.32 Å². The lowest BCUT2D eigenvalue weighted by Gasteiger charge is -2.33. The normalized spacial score (nSPS) is 16.1. The molecule has 0 spiro atoms. The summed E-state index contributed by atoms with van der Waals surface area (Å²) in [4.78, 5) is 0.894. The van der Waals surface area contributed by atoms with E-state index in [1.54, 1.807) is 31.3 Å². The van der Waals surface area contributed by atoms with Crippen molar-refractivity contribution < 1.29 is 13.2 Å². The van der Waals surface area contributed by atoms with Gasteiger partial charge in [0.1, 0.15) is 11.5 Å². The Morgan fingerprint density at radius 1 is 1.14 bits per heavy atom. The van der Waals surface area contributed by atoms with E-state index in [1.165, 1.54) is 28.2 Å². The van der Waals surface area contributed by atoms with Gasteiger partial charge in [0.05, 0.1) is 4.88 Å². The first-order valence-electron chi connectivity index (χ1n) is 8.90. The molecule has 28 heavy (non-hydrogen) atoms. The molecule has 0 saturated heterocycles. The summed E-state index contributed by atoms with van der Waals surface area (Å²) in [5.41, 5.74) is -1.81. The van der Waals surface area contributed by atoms with E-state index in [1.807, 2.05) is 17.5 Å². The Balaban J connectivity index is 1.81. The van der Waals surface area contributed by atoms with Crippen molar-refractivity contribution in [1.29, 1.82) is 0 Å². The topological polar surface area (TPSA) is 29.9 Å². The number of alkyl halides is 3. The van der Waals surface area contributed by atoms with E-state index in [0.29, 0.717) is 5.69 Å².